The van der Waals surface area contributed by atoms with Gasteiger partial charge in [-0.25, -0.2) is 9.97 Å². The summed E-state index contributed by atoms with van der Waals surface area (Å²) in [5.74, 6) is 0. The third-order valence-corrected chi connectivity index (χ3v) is 4.86. The van der Waals surface area contributed by atoms with E-state index in [0.29, 0.717) is 17.0 Å². The molecule has 2 heterocycles. The first-order chi connectivity index (χ1) is 9.09. The van der Waals surface area contributed by atoms with E-state index in [4.69, 9.17) is 0 Å². The molecule has 2 aromatic heterocycles. The largest absolute Gasteiger partial charge is 0.443 e. The van der Waals surface area contributed by atoms with Crippen LogP contribution >= 0.6 is 22.7 Å². The Morgan fingerprint density at radius 1 is 1.20 bits per heavy atom. The summed E-state index contributed by atoms with van der Waals surface area (Å²) in [6, 6.07) is 0. The highest BCUT2D eigenvalue weighted by atomic mass is 32.1. The molecule has 0 saturated carbocycles. The maximum Gasteiger partial charge on any atom is 0.443 e. The molecule has 0 saturated heterocycles. The molecule has 1 atom stereocenters. The van der Waals surface area contributed by atoms with E-state index in [1.807, 2.05) is 20.8 Å². The minimum absolute atomic E-state index is 0.142. The third kappa shape index (κ3) is 3.18. The fourth-order valence-electron chi connectivity index (χ4n) is 1.45. The summed E-state index contributed by atoms with van der Waals surface area (Å²) < 4.78 is 37.4. The van der Waals surface area contributed by atoms with E-state index >= 15 is 0 Å². The van der Waals surface area contributed by atoms with E-state index in [1.165, 1.54) is 11.3 Å². The lowest BCUT2D eigenvalue weighted by molar-refractivity contribution is -0.137. The predicted octanol–water partition coefficient (Wildman–Crippen LogP) is 4.00. The van der Waals surface area contributed by atoms with E-state index in [-0.39, 0.29) is 10.3 Å². The van der Waals surface area contributed by atoms with E-state index in [2.05, 4.69) is 9.97 Å². The van der Waals surface area contributed by atoms with Crippen LogP contribution in [0.3, 0.4) is 0 Å². The number of aromatic nitrogens is 2. The van der Waals surface area contributed by atoms with Gasteiger partial charge in [0.2, 0.25) is 0 Å². The molecule has 0 aliphatic heterocycles. The van der Waals surface area contributed by atoms with Crippen molar-refractivity contribution in [3.8, 4) is 0 Å². The van der Waals surface area contributed by atoms with Crippen LogP contribution in [-0.4, -0.2) is 15.1 Å². The van der Waals surface area contributed by atoms with Gasteiger partial charge in [-0.05, 0) is 0 Å². The van der Waals surface area contributed by atoms with Crippen LogP contribution in [0.5, 0.6) is 0 Å². The Labute approximate surface area is 122 Å². The molecule has 20 heavy (non-hydrogen) atoms. The van der Waals surface area contributed by atoms with Crippen LogP contribution in [0.2, 0.25) is 0 Å². The van der Waals surface area contributed by atoms with Crippen molar-refractivity contribution >= 4 is 22.7 Å². The Bertz CT molecular complexity index is 546. The molecule has 2 aromatic rings. The molecule has 0 aromatic carbocycles. The topological polar surface area (TPSA) is 46.0 Å². The van der Waals surface area contributed by atoms with Gasteiger partial charge in [-0.2, -0.15) is 13.2 Å². The average molecular weight is 322 g/mol. The zero-order valence-electron chi connectivity index (χ0n) is 11.0. The Kier molecular flexibility index (Phi) is 3.92. The van der Waals surface area contributed by atoms with E-state index in [9.17, 15) is 18.3 Å². The SMILES string of the molecule is CC(C)(C)c1nc(C(O)c2cnc(C(F)(F)F)s2)cs1. The molecule has 0 amide bonds. The molecule has 0 aliphatic rings. The van der Waals surface area contributed by atoms with Crippen LogP contribution in [0.15, 0.2) is 11.6 Å². The maximum atomic E-state index is 12.5. The van der Waals surface area contributed by atoms with Crippen molar-refractivity contribution in [2.45, 2.75) is 38.5 Å². The second-order valence-corrected chi connectivity index (χ2v) is 7.22. The number of aliphatic hydroxyl groups excluding tert-OH is 1. The van der Waals surface area contributed by atoms with Crippen LogP contribution in [-0.2, 0) is 11.6 Å². The van der Waals surface area contributed by atoms with Gasteiger partial charge < -0.3 is 5.11 Å². The van der Waals surface area contributed by atoms with Crippen LogP contribution in [0.4, 0.5) is 13.2 Å². The Balaban J connectivity index is 2.25. The smallest absolute Gasteiger partial charge is 0.381 e. The monoisotopic (exact) mass is 322 g/mol. The van der Waals surface area contributed by atoms with Gasteiger partial charge >= 0.3 is 6.18 Å². The predicted molar refractivity (Wildman–Crippen MR) is 72.0 cm³/mol. The lowest BCUT2D eigenvalue weighted by Gasteiger charge is -2.13. The molecule has 0 radical (unpaired) electrons. The van der Waals surface area contributed by atoms with Crippen molar-refractivity contribution in [3.63, 3.8) is 0 Å². The van der Waals surface area contributed by atoms with Crippen molar-refractivity contribution in [2.24, 2.45) is 0 Å². The van der Waals surface area contributed by atoms with E-state index in [1.54, 1.807) is 5.38 Å². The third-order valence-electron chi connectivity index (χ3n) is 2.48. The standard InChI is InChI=1S/C12H13F3N2OS2/c1-11(2,3)9-17-6(5-19-9)8(18)7-4-16-10(20-7)12(13,14)15/h4-5,8,18H,1-3H3. The second kappa shape index (κ2) is 5.09. The van der Waals surface area contributed by atoms with Gasteiger partial charge in [0, 0.05) is 17.0 Å². The number of thiazole rings is 2. The summed E-state index contributed by atoms with van der Waals surface area (Å²) in [6.45, 7) is 5.95. The number of rotatable bonds is 2. The average Bonchev–Trinajstić information content (AvgIpc) is 2.96. The van der Waals surface area contributed by atoms with Crippen molar-refractivity contribution in [1.29, 1.82) is 0 Å². The summed E-state index contributed by atoms with van der Waals surface area (Å²) in [7, 11) is 0. The van der Waals surface area contributed by atoms with Crippen LogP contribution in [0.1, 0.15) is 47.5 Å². The zero-order chi connectivity index (χ0) is 15.1. The second-order valence-electron chi connectivity index (χ2n) is 5.30. The minimum Gasteiger partial charge on any atom is -0.381 e. The molecule has 3 nitrogen and oxygen atoms in total. The molecule has 1 N–H and O–H groups in total. The van der Waals surface area contributed by atoms with E-state index < -0.39 is 17.3 Å². The van der Waals surface area contributed by atoms with Gasteiger partial charge in [-0.3, -0.25) is 0 Å². The van der Waals surface area contributed by atoms with Crippen LogP contribution < -0.4 is 0 Å². The Morgan fingerprint density at radius 2 is 1.85 bits per heavy atom. The van der Waals surface area contributed by atoms with E-state index in [0.717, 1.165) is 11.2 Å². The molecule has 8 heteroatoms. The van der Waals surface area contributed by atoms with Crippen molar-refractivity contribution in [3.05, 3.63) is 32.2 Å². The van der Waals surface area contributed by atoms with Crippen LogP contribution in [0.25, 0.3) is 0 Å². The van der Waals surface area contributed by atoms with Gasteiger partial charge in [-0.15, -0.1) is 22.7 Å². The maximum absolute atomic E-state index is 12.5. The molecule has 1 unspecified atom stereocenters. The zero-order valence-corrected chi connectivity index (χ0v) is 12.7. The quantitative estimate of drug-likeness (QED) is 0.909. The normalized spacial score (nSPS) is 14.6. The molecule has 0 spiro atoms. The molecule has 110 valence electrons. The van der Waals surface area contributed by atoms with Gasteiger partial charge in [0.1, 0.15) is 6.10 Å². The van der Waals surface area contributed by atoms with Crippen molar-refractivity contribution in [1.82, 2.24) is 9.97 Å². The summed E-state index contributed by atoms with van der Waals surface area (Å²) in [5.41, 5.74) is 0.199. The summed E-state index contributed by atoms with van der Waals surface area (Å²) in [4.78, 5) is 7.74. The van der Waals surface area contributed by atoms with Gasteiger partial charge in [0.15, 0.2) is 5.01 Å². The minimum atomic E-state index is -4.48. The highest BCUT2D eigenvalue weighted by molar-refractivity contribution is 7.12. The summed E-state index contributed by atoms with van der Waals surface area (Å²) in [6.07, 6.45) is -4.61. The lowest BCUT2D eigenvalue weighted by atomic mass is 9.98. The van der Waals surface area contributed by atoms with Crippen molar-refractivity contribution < 1.29 is 18.3 Å². The van der Waals surface area contributed by atoms with Crippen molar-refractivity contribution in [2.75, 3.05) is 0 Å². The van der Waals surface area contributed by atoms with Crippen LogP contribution in [0, 0.1) is 0 Å². The molecule has 0 aliphatic carbocycles. The number of alkyl halides is 3. The number of hydrogen-bond acceptors (Lipinski definition) is 5. The van der Waals surface area contributed by atoms with Gasteiger partial charge in [0.05, 0.1) is 15.6 Å². The first-order valence-corrected chi connectivity index (χ1v) is 7.45. The molecular weight excluding hydrogens is 309 g/mol. The fraction of sp³-hybridized carbons (Fsp3) is 0.500. The Hall–Kier alpha value is -0.990. The highest BCUT2D eigenvalue weighted by Gasteiger charge is 2.35. The van der Waals surface area contributed by atoms with Gasteiger partial charge in [0.25, 0.3) is 0 Å². The molecule has 2 rings (SSSR count). The number of halogens is 3. The molecule has 0 fully saturated rings. The lowest BCUT2D eigenvalue weighted by Crippen LogP contribution is -2.11. The first-order valence-electron chi connectivity index (χ1n) is 5.76. The fourth-order valence-corrected chi connectivity index (χ4v) is 3.15. The molecule has 0 bridgehead atoms. The van der Waals surface area contributed by atoms with Gasteiger partial charge in [-0.1, -0.05) is 20.8 Å². The number of nitrogens with zero attached hydrogens (tertiary/aromatic N) is 2. The summed E-state index contributed by atoms with van der Waals surface area (Å²) >= 11 is 1.82. The molecular formula is C12H13F3N2OS2. The Morgan fingerprint density at radius 3 is 2.30 bits per heavy atom. The highest BCUT2D eigenvalue weighted by Crippen LogP contribution is 2.36. The number of hydrogen-bond donors (Lipinski definition) is 1. The summed E-state index contributed by atoms with van der Waals surface area (Å²) in [5, 5.41) is 11.6. The first kappa shape index (κ1) is 15.4. The number of aliphatic hydroxyl groups is 1.